The maximum atomic E-state index is 12.6. The van der Waals surface area contributed by atoms with Crippen molar-refractivity contribution in [3.63, 3.8) is 0 Å². The molecule has 26 heavy (non-hydrogen) atoms. The Bertz CT molecular complexity index is 1030. The van der Waals surface area contributed by atoms with Crippen molar-refractivity contribution in [1.82, 2.24) is 9.66 Å². The van der Waals surface area contributed by atoms with Gasteiger partial charge in [-0.15, -0.1) is 0 Å². The van der Waals surface area contributed by atoms with Gasteiger partial charge in [0.15, 0.2) is 11.5 Å². The number of para-hydroxylation sites is 1. The van der Waals surface area contributed by atoms with Crippen molar-refractivity contribution in [3.8, 4) is 11.5 Å². The molecule has 0 fully saturated rings. The topological polar surface area (TPSA) is 65.7 Å². The molecule has 0 spiro atoms. The zero-order valence-electron chi connectivity index (χ0n) is 14.0. The van der Waals surface area contributed by atoms with E-state index in [1.165, 1.54) is 36.2 Å². The summed E-state index contributed by atoms with van der Waals surface area (Å²) in [7, 11) is 1.34. The Kier molecular flexibility index (Phi) is 4.92. The molecule has 6 nitrogen and oxygen atoms in total. The Morgan fingerprint density at radius 3 is 2.69 bits per heavy atom. The average Bonchev–Trinajstić information content (AvgIpc) is 2.62. The van der Waals surface area contributed by atoms with Crippen molar-refractivity contribution in [2.45, 2.75) is 13.5 Å². The molecule has 0 bridgehead atoms. The molecule has 0 saturated carbocycles. The first-order valence-corrected chi connectivity index (χ1v) is 7.65. The van der Waals surface area contributed by atoms with Crippen LogP contribution in [0.1, 0.15) is 11.4 Å². The Hall–Kier alpha value is -3.29. The predicted octanol–water partition coefficient (Wildman–Crippen LogP) is 3.20. The number of benzene rings is 2. The summed E-state index contributed by atoms with van der Waals surface area (Å²) >= 11 is 0. The van der Waals surface area contributed by atoms with E-state index in [2.05, 4.69) is 14.8 Å². The van der Waals surface area contributed by atoms with Crippen LogP contribution in [0.2, 0.25) is 0 Å². The normalized spacial score (nSPS) is 11.4. The molecule has 3 rings (SSSR count). The molecule has 0 amide bonds. The van der Waals surface area contributed by atoms with Crippen LogP contribution in [-0.4, -0.2) is 29.6 Å². The highest BCUT2D eigenvalue weighted by Crippen LogP contribution is 2.28. The van der Waals surface area contributed by atoms with Gasteiger partial charge < -0.3 is 9.47 Å². The van der Waals surface area contributed by atoms with E-state index in [-0.39, 0.29) is 17.1 Å². The van der Waals surface area contributed by atoms with Crippen molar-refractivity contribution >= 4 is 17.1 Å². The number of fused-ring (bicyclic) bond motifs is 1. The molecule has 0 aliphatic heterocycles. The number of hydrogen-bond donors (Lipinski definition) is 0. The molecule has 134 valence electrons. The van der Waals surface area contributed by atoms with Gasteiger partial charge in [-0.05, 0) is 42.8 Å². The molecule has 0 radical (unpaired) electrons. The predicted molar refractivity (Wildman–Crippen MR) is 93.4 cm³/mol. The molecule has 3 aromatic rings. The SMILES string of the molecule is COc1cc(C=Nn2c(C)nc3ccccc3c2=O)ccc1OC(F)F. The molecule has 0 unspecified atom stereocenters. The van der Waals surface area contributed by atoms with E-state index in [0.717, 1.165) is 0 Å². The minimum atomic E-state index is -2.95. The number of methoxy groups -OCH3 is 1. The molecule has 0 aliphatic carbocycles. The molecule has 0 aliphatic rings. The van der Waals surface area contributed by atoms with E-state index in [9.17, 15) is 13.6 Å². The lowest BCUT2D eigenvalue weighted by Gasteiger charge is -2.10. The highest BCUT2D eigenvalue weighted by molar-refractivity contribution is 5.81. The highest BCUT2D eigenvalue weighted by atomic mass is 19.3. The van der Waals surface area contributed by atoms with Gasteiger partial charge >= 0.3 is 6.61 Å². The fourth-order valence-corrected chi connectivity index (χ4v) is 2.45. The minimum Gasteiger partial charge on any atom is -0.493 e. The number of aromatic nitrogens is 2. The second kappa shape index (κ2) is 7.30. The largest absolute Gasteiger partial charge is 0.493 e. The van der Waals surface area contributed by atoms with Gasteiger partial charge in [-0.25, -0.2) is 4.98 Å². The fraction of sp³-hybridized carbons (Fsp3) is 0.167. The zero-order valence-corrected chi connectivity index (χ0v) is 14.0. The highest BCUT2D eigenvalue weighted by Gasteiger charge is 2.11. The number of ether oxygens (including phenoxy) is 2. The Morgan fingerprint density at radius 1 is 1.19 bits per heavy atom. The number of alkyl halides is 2. The third-order valence-electron chi connectivity index (χ3n) is 3.64. The molecule has 2 aromatic carbocycles. The quantitative estimate of drug-likeness (QED) is 0.656. The third-order valence-corrected chi connectivity index (χ3v) is 3.64. The number of aryl methyl sites for hydroxylation is 1. The summed E-state index contributed by atoms with van der Waals surface area (Å²) < 4.78 is 35.3. The van der Waals surface area contributed by atoms with E-state index >= 15 is 0 Å². The first-order chi connectivity index (χ1) is 12.5. The number of halogens is 2. The Balaban J connectivity index is 1.98. The van der Waals surface area contributed by atoms with Crippen molar-refractivity contribution < 1.29 is 18.3 Å². The van der Waals surface area contributed by atoms with Crippen LogP contribution in [0.25, 0.3) is 10.9 Å². The lowest BCUT2D eigenvalue weighted by Crippen LogP contribution is -2.20. The third kappa shape index (κ3) is 3.53. The summed E-state index contributed by atoms with van der Waals surface area (Å²) in [5.74, 6) is 0.477. The minimum absolute atomic E-state index is 0.0830. The van der Waals surface area contributed by atoms with Crippen molar-refractivity contribution in [2.75, 3.05) is 7.11 Å². The van der Waals surface area contributed by atoms with Crippen LogP contribution in [0.15, 0.2) is 52.4 Å². The smallest absolute Gasteiger partial charge is 0.387 e. The molecule has 1 heterocycles. The summed E-state index contributed by atoms with van der Waals surface area (Å²) in [4.78, 5) is 16.9. The lowest BCUT2D eigenvalue weighted by atomic mass is 10.2. The van der Waals surface area contributed by atoms with Crippen LogP contribution in [0, 0.1) is 6.92 Å². The number of hydrogen-bond acceptors (Lipinski definition) is 5. The number of rotatable bonds is 5. The van der Waals surface area contributed by atoms with Gasteiger partial charge in [0.25, 0.3) is 5.56 Å². The van der Waals surface area contributed by atoms with Gasteiger partial charge in [0.05, 0.1) is 24.2 Å². The first-order valence-electron chi connectivity index (χ1n) is 7.65. The van der Waals surface area contributed by atoms with E-state index < -0.39 is 6.61 Å². The second-order valence-electron chi connectivity index (χ2n) is 5.33. The lowest BCUT2D eigenvalue weighted by molar-refractivity contribution is -0.0512. The van der Waals surface area contributed by atoms with Gasteiger partial charge in [-0.3, -0.25) is 4.79 Å². The van der Waals surface area contributed by atoms with Crippen molar-refractivity contribution in [3.05, 3.63) is 64.2 Å². The summed E-state index contributed by atoms with van der Waals surface area (Å²) in [6.45, 7) is -1.28. The van der Waals surface area contributed by atoms with E-state index in [1.54, 1.807) is 31.2 Å². The van der Waals surface area contributed by atoms with Crippen LogP contribution >= 0.6 is 0 Å². The summed E-state index contributed by atoms with van der Waals surface area (Å²) in [5.41, 5.74) is 0.841. The fourth-order valence-electron chi connectivity index (χ4n) is 2.45. The maximum Gasteiger partial charge on any atom is 0.387 e. The van der Waals surface area contributed by atoms with Crippen molar-refractivity contribution in [1.29, 1.82) is 0 Å². The summed E-state index contributed by atoms with van der Waals surface area (Å²) in [5, 5.41) is 4.62. The first kappa shape index (κ1) is 17.5. The average molecular weight is 359 g/mol. The molecular weight excluding hydrogens is 344 g/mol. The van der Waals surface area contributed by atoms with Crippen LogP contribution < -0.4 is 15.0 Å². The van der Waals surface area contributed by atoms with Gasteiger partial charge in [0.1, 0.15) is 5.82 Å². The standard InChI is InChI=1S/C18H15F2N3O3/c1-11-22-14-6-4-3-5-13(14)17(24)23(11)21-10-12-7-8-15(26-18(19)20)16(9-12)25-2/h3-10,18H,1-2H3. The Labute approximate surface area is 147 Å². The molecule has 0 N–H and O–H groups in total. The van der Waals surface area contributed by atoms with Crippen LogP contribution in [0.3, 0.4) is 0 Å². The maximum absolute atomic E-state index is 12.6. The molecule has 0 atom stereocenters. The van der Waals surface area contributed by atoms with Gasteiger partial charge in [0, 0.05) is 0 Å². The van der Waals surface area contributed by atoms with Gasteiger partial charge in [-0.2, -0.15) is 18.6 Å². The monoisotopic (exact) mass is 359 g/mol. The summed E-state index contributed by atoms with van der Waals surface area (Å²) in [6.07, 6.45) is 1.42. The molecular formula is C18H15F2N3O3. The zero-order chi connectivity index (χ0) is 18.7. The van der Waals surface area contributed by atoms with Gasteiger partial charge in [0.2, 0.25) is 0 Å². The molecule has 0 saturated heterocycles. The number of nitrogens with zero attached hydrogens (tertiary/aromatic N) is 3. The van der Waals surface area contributed by atoms with E-state index in [0.29, 0.717) is 22.3 Å². The van der Waals surface area contributed by atoms with Crippen molar-refractivity contribution in [2.24, 2.45) is 5.10 Å². The van der Waals surface area contributed by atoms with Gasteiger partial charge in [-0.1, -0.05) is 12.1 Å². The van der Waals surface area contributed by atoms with Crippen LogP contribution in [0.4, 0.5) is 8.78 Å². The second-order valence-corrected chi connectivity index (χ2v) is 5.33. The van der Waals surface area contributed by atoms with Crippen LogP contribution in [0.5, 0.6) is 11.5 Å². The van der Waals surface area contributed by atoms with E-state index in [4.69, 9.17) is 4.74 Å². The summed E-state index contributed by atoms with van der Waals surface area (Å²) in [6, 6.07) is 11.3. The van der Waals surface area contributed by atoms with Crippen LogP contribution in [-0.2, 0) is 0 Å². The molecule has 1 aromatic heterocycles. The Morgan fingerprint density at radius 2 is 1.96 bits per heavy atom. The van der Waals surface area contributed by atoms with E-state index in [1.807, 2.05) is 0 Å². The molecule has 8 heteroatoms.